The molecular formula is C9H14N2O. The molecule has 0 spiro atoms. The van der Waals surface area contributed by atoms with Crippen molar-refractivity contribution in [2.75, 3.05) is 0 Å². The first kappa shape index (κ1) is 9.05. The third-order valence-corrected chi connectivity index (χ3v) is 2.33. The van der Waals surface area contributed by atoms with Crippen LogP contribution in [-0.2, 0) is 4.79 Å². The number of hydrogen-bond donors (Lipinski definition) is 1. The van der Waals surface area contributed by atoms with Crippen LogP contribution in [0.2, 0.25) is 0 Å². The maximum absolute atomic E-state index is 11.3. The summed E-state index contributed by atoms with van der Waals surface area (Å²) in [5, 5.41) is 11.3. The van der Waals surface area contributed by atoms with Crippen molar-refractivity contribution in [2.45, 2.75) is 32.7 Å². The average molecular weight is 166 g/mol. The Bertz CT molecular complexity index is 219. The zero-order valence-electron chi connectivity index (χ0n) is 7.50. The van der Waals surface area contributed by atoms with Gasteiger partial charge in [-0.15, -0.1) is 0 Å². The maximum atomic E-state index is 11.3. The molecule has 0 aromatic heterocycles. The van der Waals surface area contributed by atoms with E-state index in [9.17, 15) is 4.79 Å². The predicted octanol–water partition coefficient (Wildman–Crippen LogP) is 1.06. The Morgan fingerprint density at radius 2 is 2.42 bits per heavy atom. The summed E-state index contributed by atoms with van der Waals surface area (Å²) < 4.78 is 0. The summed E-state index contributed by atoms with van der Waals surface area (Å²) in [6.07, 6.45) is 1.66. The van der Waals surface area contributed by atoms with Gasteiger partial charge in [0.2, 0.25) is 5.91 Å². The van der Waals surface area contributed by atoms with Gasteiger partial charge < -0.3 is 5.32 Å². The molecule has 2 unspecified atom stereocenters. The van der Waals surface area contributed by atoms with E-state index in [0.717, 1.165) is 6.42 Å². The van der Waals surface area contributed by atoms with Crippen LogP contribution in [0, 0.1) is 23.2 Å². The number of hydrogen-bond acceptors (Lipinski definition) is 2. The van der Waals surface area contributed by atoms with Gasteiger partial charge in [0, 0.05) is 5.92 Å². The van der Waals surface area contributed by atoms with Gasteiger partial charge in [-0.3, -0.25) is 4.79 Å². The highest BCUT2D eigenvalue weighted by Crippen LogP contribution is 2.37. The van der Waals surface area contributed by atoms with E-state index in [-0.39, 0.29) is 17.9 Å². The zero-order chi connectivity index (χ0) is 9.14. The second-order valence-corrected chi connectivity index (χ2v) is 3.42. The van der Waals surface area contributed by atoms with E-state index in [1.54, 1.807) is 0 Å². The van der Waals surface area contributed by atoms with Gasteiger partial charge in [-0.05, 0) is 18.8 Å². The number of carbonyl (C=O) groups is 1. The van der Waals surface area contributed by atoms with Crippen molar-refractivity contribution in [3.8, 4) is 6.07 Å². The Morgan fingerprint density at radius 1 is 1.83 bits per heavy atom. The molecule has 3 heteroatoms. The quantitative estimate of drug-likeness (QED) is 0.681. The fraction of sp³-hybridized carbons (Fsp3) is 0.778. The molecule has 0 bridgehead atoms. The molecule has 1 N–H and O–H groups in total. The molecular weight excluding hydrogens is 152 g/mol. The van der Waals surface area contributed by atoms with Crippen molar-refractivity contribution in [1.29, 1.82) is 5.26 Å². The Balaban J connectivity index is 2.31. The smallest absolute Gasteiger partial charge is 0.224 e. The lowest BCUT2D eigenvalue weighted by atomic mass is 10.2. The number of nitriles is 1. The average Bonchev–Trinajstić information content (AvgIpc) is 2.78. The summed E-state index contributed by atoms with van der Waals surface area (Å²) in [6, 6.07) is 1.75. The monoisotopic (exact) mass is 166 g/mol. The third kappa shape index (κ3) is 1.97. The van der Waals surface area contributed by atoms with Gasteiger partial charge in [-0.25, -0.2) is 0 Å². The van der Waals surface area contributed by atoms with E-state index in [0.29, 0.717) is 12.3 Å². The highest BCUT2D eigenvalue weighted by Gasteiger charge is 2.39. The van der Waals surface area contributed by atoms with Crippen molar-refractivity contribution in [3.63, 3.8) is 0 Å². The van der Waals surface area contributed by atoms with E-state index in [4.69, 9.17) is 5.26 Å². The highest BCUT2D eigenvalue weighted by molar-refractivity contribution is 5.81. The predicted molar refractivity (Wildman–Crippen MR) is 45.1 cm³/mol. The van der Waals surface area contributed by atoms with Crippen LogP contribution in [0.1, 0.15) is 26.7 Å². The standard InChI is InChI=1S/C9H14N2O/c1-3-7(5-10)11-9(12)8-4-6(8)2/h6-8H,3-4H2,1-2H3,(H,11,12)/t6?,7-,8?/m1/s1. The molecule has 1 fully saturated rings. The second-order valence-electron chi connectivity index (χ2n) is 3.42. The van der Waals surface area contributed by atoms with E-state index in [1.165, 1.54) is 0 Å². The Labute approximate surface area is 72.8 Å². The molecule has 1 saturated carbocycles. The van der Waals surface area contributed by atoms with Gasteiger partial charge in [0.1, 0.15) is 6.04 Å². The zero-order valence-corrected chi connectivity index (χ0v) is 7.50. The van der Waals surface area contributed by atoms with Crippen molar-refractivity contribution < 1.29 is 4.79 Å². The Hall–Kier alpha value is -1.04. The van der Waals surface area contributed by atoms with E-state index in [1.807, 2.05) is 13.0 Å². The first-order valence-corrected chi connectivity index (χ1v) is 4.39. The maximum Gasteiger partial charge on any atom is 0.224 e. The molecule has 0 aromatic carbocycles. The van der Waals surface area contributed by atoms with Crippen LogP contribution in [-0.4, -0.2) is 11.9 Å². The molecule has 1 aliphatic rings. The van der Waals surface area contributed by atoms with Crippen molar-refractivity contribution in [2.24, 2.45) is 11.8 Å². The van der Waals surface area contributed by atoms with E-state index < -0.39 is 0 Å². The molecule has 12 heavy (non-hydrogen) atoms. The second kappa shape index (κ2) is 3.57. The first-order valence-electron chi connectivity index (χ1n) is 4.39. The summed E-state index contributed by atoms with van der Waals surface area (Å²) in [7, 11) is 0. The summed E-state index contributed by atoms with van der Waals surface area (Å²) in [6.45, 7) is 3.95. The van der Waals surface area contributed by atoms with Crippen LogP contribution in [0.3, 0.4) is 0 Å². The van der Waals surface area contributed by atoms with Crippen molar-refractivity contribution >= 4 is 5.91 Å². The summed E-state index contributed by atoms with van der Waals surface area (Å²) in [5.74, 6) is 0.740. The van der Waals surface area contributed by atoms with Gasteiger partial charge in [0.15, 0.2) is 0 Å². The number of carbonyl (C=O) groups excluding carboxylic acids is 1. The molecule has 3 atom stereocenters. The fourth-order valence-electron chi connectivity index (χ4n) is 1.19. The lowest BCUT2D eigenvalue weighted by molar-refractivity contribution is -0.122. The first-order chi connectivity index (χ1) is 5.69. The molecule has 0 heterocycles. The SMILES string of the molecule is CC[C@H](C#N)NC(=O)C1CC1C. The van der Waals surface area contributed by atoms with E-state index >= 15 is 0 Å². The van der Waals surface area contributed by atoms with Crippen LogP contribution in [0.5, 0.6) is 0 Å². The molecule has 3 nitrogen and oxygen atoms in total. The fourth-order valence-corrected chi connectivity index (χ4v) is 1.19. The van der Waals surface area contributed by atoms with Crippen molar-refractivity contribution in [3.05, 3.63) is 0 Å². The van der Waals surface area contributed by atoms with Gasteiger partial charge in [0.25, 0.3) is 0 Å². The van der Waals surface area contributed by atoms with Gasteiger partial charge >= 0.3 is 0 Å². The lowest BCUT2D eigenvalue weighted by Crippen LogP contribution is -2.34. The van der Waals surface area contributed by atoms with Crippen LogP contribution in [0.15, 0.2) is 0 Å². The topological polar surface area (TPSA) is 52.9 Å². The molecule has 0 aliphatic heterocycles. The number of amides is 1. The number of nitrogens with zero attached hydrogens (tertiary/aromatic N) is 1. The largest absolute Gasteiger partial charge is 0.340 e. The van der Waals surface area contributed by atoms with Crippen LogP contribution < -0.4 is 5.32 Å². The normalized spacial score (nSPS) is 28.8. The van der Waals surface area contributed by atoms with Crippen molar-refractivity contribution in [1.82, 2.24) is 5.32 Å². The van der Waals surface area contributed by atoms with Gasteiger partial charge in [-0.1, -0.05) is 13.8 Å². The van der Waals surface area contributed by atoms with Crippen LogP contribution >= 0.6 is 0 Å². The van der Waals surface area contributed by atoms with Crippen LogP contribution in [0.4, 0.5) is 0 Å². The van der Waals surface area contributed by atoms with E-state index in [2.05, 4.69) is 12.2 Å². The minimum absolute atomic E-state index is 0.0518. The van der Waals surface area contributed by atoms with Crippen LogP contribution in [0.25, 0.3) is 0 Å². The molecule has 66 valence electrons. The third-order valence-electron chi connectivity index (χ3n) is 2.33. The lowest BCUT2D eigenvalue weighted by Gasteiger charge is -2.07. The number of rotatable bonds is 3. The highest BCUT2D eigenvalue weighted by atomic mass is 16.2. The number of nitrogens with one attached hydrogen (secondary N) is 1. The molecule has 1 amide bonds. The summed E-state index contributed by atoms with van der Waals surface area (Å²) >= 11 is 0. The van der Waals surface area contributed by atoms with Gasteiger partial charge in [0.05, 0.1) is 6.07 Å². The minimum atomic E-state index is -0.301. The summed E-state index contributed by atoms with van der Waals surface area (Å²) in [4.78, 5) is 11.3. The minimum Gasteiger partial charge on any atom is -0.340 e. The Morgan fingerprint density at radius 3 is 2.75 bits per heavy atom. The van der Waals surface area contributed by atoms with Gasteiger partial charge in [-0.2, -0.15) is 5.26 Å². The molecule has 0 saturated heterocycles. The molecule has 0 radical (unpaired) electrons. The Kier molecular flexibility index (Phi) is 2.69. The molecule has 1 rings (SSSR count). The molecule has 1 aliphatic carbocycles. The summed E-state index contributed by atoms with van der Waals surface area (Å²) in [5.41, 5.74) is 0. The molecule has 0 aromatic rings.